The maximum absolute atomic E-state index is 13.1. The van der Waals surface area contributed by atoms with Gasteiger partial charge < -0.3 is 0 Å². The Morgan fingerprint density at radius 1 is 1.15 bits per heavy atom. The van der Waals surface area contributed by atoms with Gasteiger partial charge in [-0.1, -0.05) is 46.8 Å². The van der Waals surface area contributed by atoms with Crippen LogP contribution in [0.25, 0.3) is 0 Å². The molecule has 7 heteroatoms. The first-order valence-corrected chi connectivity index (χ1v) is 7.48. The van der Waals surface area contributed by atoms with E-state index in [-0.39, 0.29) is 16.5 Å². The standard InChI is InChI=1S/C13H11ClFNO3S/c14-12-7-6-11(15)8-13(12)20(17,18)16-19-9-10-4-2-1-3-5-10/h1-8,16H,9H2. The van der Waals surface area contributed by atoms with Crippen molar-refractivity contribution < 1.29 is 17.6 Å². The van der Waals surface area contributed by atoms with Crippen molar-refractivity contribution in [3.63, 3.8) is 0 Å². The molecule has 4 nitrogen and oxygen atoms in total. The molecule has 2 aromatic carbocycles. The van der Waals surface area contributed by atoms with Crippen LogP contribution in [0.1, 0.15) is 5.56 Å². The second-order valence-electron chi connectivity index (χ2n) is 3.94. The highest BCUT2D eigenvalue weighted by Gasteiger charge is 2.19. The molecule has 0 aromatic heterocycles. The lowest BCUT2D eigenvalue weighted by molar-refractivity contribution is 0.0795. The van der Waals surface area contributed by atoms with Gasteiger partial charge in [0.15, 0.2) is 0 Å². The molecule has 0 aliphatic rings. The molecule has 0 radical (unpaired) electrons. The van der Waals surface area contributed by atoms with E-state index < -0.39 is 15.8 Å². The van der Waals surface area contributed by atoms with E-state index in [2.05, 4.69) is 0 Å². The maximum atomic E-state index is 13.1. The van der Waals surface area contributed by atoms with Crippen molar-refractivity contribution >= 4 is 21.6 Å². The van der Waals surface area contributed by atoms with Crippen LogP contribution in [0.2, 0.25) is 5.02 Å². The Morgan fingerprint density at radius 2 is 1.85 bits per heavy atom. The van der Waals surface area contributed by atoms with Crippen molar-refractivity contribution in [3.05, 3.63) is 64.9 Å². The van der Waals surface area contributed by atoms with Crippen molar-refractivity contribution in [1.82, 2.24) is 4.89 Å². The van der Waals surface area contributed by atoms with Gasteiger partial charge in [0.2, 0.25) is 0 Å². The maximum Gasteiger partial charge on any atom is 0.264 e. The summed E-state index contributed by atoms with van der Waals surface area (Å²) in [6, 6.07) is 12.1. The summed E-state index contributed by atoms with van der Waals surface area (Å²) in [5.74, 6) is -0.696. The number of halogens is 2. The number of benzene rings is 2. The van der Waals surface area contributed by atoms with Crippen LogP contribution in [0.15, 0.2) is 53.4 Å². The number of hydrogen-bond acceptors (Lipinski definition) is 3. The summed E-state index contributed by atoms with van der Waals surface area (Å²) in [5, 5.41) is -0.0813. The summed E-state index contributed by atoms with van der Waals surface area (Å²) in [6.07, 6.45) is 0. The van der Waals surface area contributed by atoms with Crippen LogP contribution in [0.5, 0.6) is 0 Å². The van der Waals surface area contributed by atoms with Crippen LogP contribution < -0.4 is 4.89 Å². The SMILES string of the molecule is O=S(=O)(NOCc1ccccc1)c1cc(F)ccc1Cl. The quantitative estimate of drug-likeness (QED) is 0.863. The molecule has 0 fully saturated rings. The monoisotopic (exact) mass is 315 g/mol. The molecule has 0 saturated heterocycles. The normalized spacial score (nSPS) is 11.5. The molecule has 0 spiro atoms. The zero-order chi connectivity index (χ0) is 14.6. The van der Waals surface area contributed by atoms with Gasteiger partial charge in [0.25, 0.3) is 10.0 Å². The Balaban J connectivity index is 2.06. The fraction of sp³-hybridized carbons (Fsp3) is 0.0769. The van der Waals surface area contributed by atoms with E-state index in [1.54, 1.807) is 24.3 Å². The van der Waals surface area contributed by atoms with E-state index in [1.807, 2.05) is 11.0 Å². The highest BCUT2D eigenvalue weighted by molar-refractivity contribution is 7.89. The minimum atomic E-state index is -4.03. The van der Waals surface area contributed by atoms with Crippen LogP contribution in [0.4, 0.5) is 4.39 Å². The molecule has 0 aliphatic carbocycles. The molecule has 0 aliphatic heterocycles. The number of nitrogens with one attached hydrogen (secondary N) is 1. The summed E-state index contributed by atoms with van der Waals surface area (Å²) in [4.78, 5) is 6.46. The molecule has 0 heterocycles. The zero-order valence-corrected chi connectivity index (χ0v) is 11.8. The summed E-state index contributed by atoms with van der Waals surface area (Å²) in [5.41, 5.74) is 0.792. The van der Waals surface area contributed by atoms with Gasteiger partial charge in [-0.15, -0.1) is 0 Å². The molecule has 20 heavy (non-hydrogen) atoms. The molecule has 2 rings (SSSR count). The second-order valence-corrected chi connectivity index (χ2v) is 5.96. The fourth-order valence-electron chi connectivity index (χ4n) is 1.49. The molecule has 0 atom stereocenters. The predicted molar refractivity (Wildman–Crippen MR) is 73.0 cm³/mol. The van der Waals surface area contributed by atoms with E-state index in [0.717, 1.165) is 17.7 Å². The Labute approximate surface area is 121 Å². The van der Waals surface area contributed by atoms with Crippen molar-refractivity contribution in [3.8, 4) is 0 Å². The lowest BCUT2D eigenvalue weighted by atomic mass is 10.2. The molecular weight excluding hydrogens is 305 g/mol. The molecule has 1 N–H and O–H groups in total. The van der Waals surface area contributed by atoms with Crippen LogP contribution in [0.3, 0.4) is 0 Å². The second kappa shape index (κ2) is 6.32. The minimum Gasteiger partial charge on any atom is -0.282 e. The van der Waals surface area contributed by atoms with E-state index in [9.17, 15) is 12.8 Å². The Hall–Kier alpha value is -1.47. The number of rotatable bonds is 5. The fourth-order valence-corrected chi connectivity index (χ4v) is 2.81. The molecule has 106 valence electrons. The lowest BCUT2D eigenvalue weighted by Gasteiger charge is -2.08. The topological polar surface area (TPSA) is 55.4 Å². The Kier molecular flexibility index (Phi) is 4.72. The van der Waals surface area contributed by atoms with E-state index in [4.69, 9.17) is 16.4 Å². The minimum absolute atomic E-state index is 0.0486. The average Bonchev–Trinajstić information content (AvgIpc) is 2.42. The van der Waals surface area contributed by atoms with E-state index in [1.165, 1.54) is 6.07 Å². The van der Waals surface area contributed by atoms with Crippen molar-refractivity contribution in [2.75, 3.05) is 0 Å². The van der Waals surface area contributed by atoms with Crippen molar-refractivity contribution in [2.45, 2.75) is 11.5 Å². The third kappa shape index (κ3) is 3.77. The van der Waals surface area contributed by atoms with E-state index in [0.29, 0.717) is 0 Å². The Morgan fingerprint density at radius 3 is 2.55 bits per heavy atom. The average molecular weight is 316 g/mol. The highest BCUT2D eigenvalue weighted by atomic mass is 35.5. The van der Waals surface area contributed by atoms with Gasteiger partial charge in [-0.05, 0) is 23.8 Å². The van der Waals surface area contributed by atoms with Gasteiger partial charge in [-0.2, -0.15) is 0 Å². The molecular formula is C13H11ClFNO3S. The van der Waals surface area contributed by atoms with Crippen LogP contribution in [0, 0.1) is 5.82 Å². The van der Waals surface area contributed by atoms with Crippen LogP contribution in [-0.2, 0) is 21.5 Å². The van der Waals surface area contributed by atoms with Crippen molar-refractivity contribution in [1.29, 1.82) is 0 Å². The predicted octanol–water partition coefficient (Wildman–Crippen LogP) is 2.89. The van der Waals surface area contributed by atoms with E-state index >= 15 is 0 Å². The van der Waals surface area contributed by atoms with Gasteiger partial charge in [0, 0.05) is 0 Å². The molecule has 2 aromatic rings. The first-order chi connectivity index (χ1) is 9.49. The third-order valence-electron chi connectivity index (χ3n) is 2.43. The first-order valence-electron chi connectivity index (χ1n) is 5.61. The number of hydrogen-bond donors (Lipinski definition) is 1. The summed E-state index contributed by atoms with van der Waals surface area (Å²) in [7, 11) is -4.03. The summed E-state index contributed by atoms with van der Waals surface area (Å²) < 4.78 is 36.9. The van der Waals surface area contributed by atoms with Gasteiger partial charge in [0.05, 0.1) is 11.6 Å². The molecule has 0 amide bonds. The first kappa shape index (κ1) is 14.9. The molecule has 0 saturated carbocycles. The van der Waals surface area contributed by atoms with Gasteiger partial charge in [-0.25, -0.2) is 12.8 Å². The molecule has 0 unspecified atom stereocenters. The zero-order valence-electron chi connectivity index (χ0n) is 10.2. The van der Waals surface area contributed by atoms with Crippen LogP contribution in [-0.4, -0.2) is 8.42 Å². The molecule has 0 bridgehead atoms. The Bertz CT molecular complexity index is 692. The van der Waals surface area contributed by atoms with Crippen LogP contribution >= 0.6 is 11.6 Å². The largest absolute Gasteiger partial charge is 0.282 e. The number of sulfonamides is 1. The summed E-state index contributed by atoms with van der Waals surface area (Å²) >= 11 is 5.74. The summed E-state index contributed by atoms with van der Waals surface area (Å²) in [6.45, 7) is 0.0486. The van der Waals surface area contributed by atoms with Gasteiger partial charge in [-0.3, -0.25) is 4.84 Å². The lowest BCUT2D eigenvalue weighted by Crippen LogP contribution is -2.24. The van der Waals surface area contributed by atoms with Crippen molar-refractivity contribution in [2.24, 2.45) is 0 Å². The third-order valence-corrected chi connectivity index (χ3v) is 4.13. The highest BCUT2D eigenvalue weighted by Crippen LogP contribution is 2.21. The van der Waals surface area contributed by atoms with Gasteiger partial charge in [0.1, 0.15) is 10.7 Å². The van der Waals surface area contributed by atoms with Gasteiger partial charge >= 0.3 is 0 Å². The smallest absolute Gasteiger partial charge is 0.264 e.